The van der Waals surface area contributed by atoms with E-state index in [1.165, 1.54) is 6.20 Å². The van der Waals surface area contributed by atoms with Crippen molar-refractivity contribution in [3.05, 3.63) is 18.0 Å². The highest BCUT2D eigenvalue weighted by Gasteiger charge is 2.04. The highest BCUT2D eigenvalue weighted by Crippen LogP contribution is 2.00. The largest absolute Gasteiger partial charge is 0.509 e. The van der Waals surface area contributed by atoms with E-state index >= 15 is 0 Å². The molecule has 0 fully saturated rings. The topological polar surface area (TPSA) is 61.6 Å². The molecule has 0 saturated carbocycles. The van der Waals surface area contributed by atoms with E-state index in [2.05, 4.69) is 19.2 Å². The third-order valence-corrected chi connectivity index (χ3v) is 1.11. The molecule has 1 heterocycles. The Morgan fingerprint density at radius 3 is 3.08 bits per heavy atom. The lowest BCUT2D eigenvalue weighted by atomic mass is 10.5. The summed E-state index contributed by atoms with van der Waals surface area (Å²) in [7, 11) is 0. The highest BCUT2D eigenvalue weighted by atomic mass is 35.5. The third-order valence-electron chi connectivity index (χ3n) is 0.996. The molecule has 1 aromatic rings. The van der Waals surface area contributed by atoms with Crippen LogP contribution >= 0.6 is 11.6 Å². The van der Waals surface area contributed by atoms with Crippen LogP contribution < -0.4 is 0 Å². The van der Waals surface area contributed by atoms with Gasteiger partial charge in [0.25, 0.3) is 0 Å². The Balaban J connectivity index is 2.22. The Kier molecular flexibility index (Phi) is 3.40. The van der Waals surface area contributed by atoms with Crippen LogP contribution in [0, 0.1) is 0 Å². The summed E-state index contributed by atoms with van der Waals surface area (Å²) in [5.74, 6) is 0.446. The number of aromatic nitrogens is 1. The first-order valence-corrected chi connectivity index (χ1v) is 3.61. The Morgan fingerprint density at radius 1 is 1.67 bits per heavy atom. The molecule has 1 aromatic heterocycles. The zero-order valence-corrected chi connectivity index (χ0v) is 6.78. The molecule has 5 nitrogen and oxygen atoms in total. The second-order valence-corrected chi connectivity index (χ2v) is 1.99. The van der Waals surface area contributed by atoms with Crippen molar-refractivity contribution < 1.29 is 18.8 Å². The first-order valence-electron chi connectivity index (χ1n) is 3.08. The SMILES string of the molecule is O=C(OCCl)OCc1ccno1. The predicted octanol–water partition coefficient (Wildman–Crippen LogP) is 1.52. The number of carbonyl (C=O) groups excluding carboxylic acids is 1. The Bertz CT molecular complexity index is 236. The summed E-state index contributed by atoms with van der Waals surface area (Å²) in [6.07, 6.45) is 0.618. The molecule has 0 saturated heterocycles. The van der Waals surface area contributed by atoms with Gasteiger partial charge in [0, 0.05) is 6.07 Å². The monoisotopic (exact) mass is 191 g/mol. The van der Waals surface area contributed by atoms with Crippen molar-refractivity contribution in [2.45, 2.75) is 6.61 Å². The van der Waals surface area contributed by atoms with Crippen molar-refractivity contribution in [3.8, 4) is 0 Å². The molecule has 6 heteroatoms. The molecule has 0 radical (unpaired) electrons. The molecule has 0 atom stereocenters. The maximum atomic E-state index is 10.5. The van der Waals surface area contributed by atoms with Gasteiger partial charge in [-0.3, -0.25) is 0 Å². The Morgan fingerprint density at radius 2 is 2.50 bits per heavy atom. The molecule has 0 N–H and O–H groups in total. The second-order valence-electron chi connectivity index (χ2n) is 1.77. The van der Waals surface area contributed by atoms with Gasteiger partial charge in [-0.25, -0.2) is 4.79 Å². The minimum absolute atomic E-state index is 0.00424. The minimum Gasteiger partial charge on any atom is -0.426 e. The van der Waals surface area contributed by atoms with Crippen LogP contribution in [0.1, 0.15) is 5.76 Å². The summed E-state index contributed by atoms with van der Waals surface area (Å²) in [6, 6.07) is 1.35. The molecule has 0 bridgehead atoms. The standard InChI is InChI=1S/C6H6ClNO4/c7-4-11-6(9)10-3-5-1-2-8-12-5/h1-2H,3-4H2. The van der Waals surface area contributed by atoms with Crippen LogP contribution in [-0.4, -0.2) is 17.4 Å². The maximum Gasteiger partial charge on any atom is 0.509 e. The van der Waals surface area contributed by atoms with Gasteiger partial charge in [0.15, 0.2) is 18.4 Å². The average molecular weight is 192 g/mol. The molecule has 0 amide bonds. The normalized spacial score (nSPS) is 9.42. The van der Waals surface area contributed by atoms with Gasteiger partial charge in [-0.2, -0.15) is 0 Å². The van der Waals surface area contributed by atoms with E-state index in [4.69, 9.17) is 11.6 Å². The Hall–Kier alpha value is -1.23. The Labute approximate surface area is 73.2 Å². The van der Waals surface area contributed by atoms with E-state index in [0.717, 1.165) is 0 Å². The number of carbonyl (C=O) groups is 1. The molecule has 1 rings (SSSR count). The molecule has 66 valence electrons. The molecule has 0 aliphatic rings. The number of hydrogen-bond donors (Lipinski definition) is 0. The van der Waals surface area contributed by atoms with Gasteiger partial charge < -0.3 is 14.0 Å². The van der Waals surface area contributed by atoms with E-state index in [1.54, 1.807) is 6.07 Å². The predicted molar refractivity (Wildman–Crippen MR) is 38.5 cm³/mol. The van der Waals surface area contributed by atoms with Crippen LogP contribution in [-0.2, 0) is 16.1 Å². The summed E-state index contributed by atoms with van der Waals surface area (Å²) in [5, 5.41) is 3.41. The van der Waals surface area contributed by atoms with Crippen molar-refractivity contribution in [3.63, 3.8) is 0 Å². The number of halogens is 1. The summed E-state index contributed by atoms with van der Waals surface area (Å²) >= 11 is 5.10. The molecular weight excluding hydrogens is 186 g/mol. The molecule has 0 spiro atoms. The van der Waals surface area contributed by atoms with Crippen LogP contribution in [0.3, 0.4) is 0 Å². The first kappa shape index (κ1) is 8.86. The van der Waals surface area contributed by atoms with Gasteiger partial charge >= 0.3 is 6.16 Å². The molecule has 0 aliphatic carbocycles. The molecular formula is C6H6ClNO4. The quantitative estimate of drug-likeness (QED) is 0.536. The van der Waals surface area contributed by atoms with Crippen molar-refractivity contribution >= 4 is 17.8 Å². The number of rotatable bonds is 3. The van der Waals surface area contributed by atoms with E-state index in [1.807, 2.05) is 0 Å². The average Bonchev–Trinajstić information content (AvgIpc) is 2.53. The van der Waals surface area contributed by atoms with Crippen molar-refractivity contribution in [2.24, 2.45) is 0 Å². The maximum absolute atomic E-state index is 10.5. The van der Waals surface area contributed by atoms with Crippen molar-refractivity contribution in [2.75, 3.05) is 6.07 Å². The van der Waals surface area contributed by atoms with Crippen molar-refractivity contribution in [1.29, 1.82) is 0 Å². The fraction of sp³-hybridized carbons (Fsp3) is 0.333. The van der Waals surface area contributed by atoms with Gasteiger partial charge in [-0.05, 0) is 0 Å². The number of hydrogen-bond acceptors (Lipinski definition) is 5. The fourth-order valence-corrected chi connectivity index (χ4v) is 0.622. The lowest BCUT2D eigenvalue weighted by Gasteiger charge is -1.99. The molecule has 0 aliphatic heterocycles. The lowest BCUT2D eigenvalue weighted by molar-refractivity contribution is 0.0554. The fourth-order valence-electron chi connectivity index (χ4n) is 0.533. The lowest BCUT2D eigenvalue weighted by Crippen LogP contribution is -2.05. The van der Waals surface area contributed by atoms with Crippen LogP contribution in [0.4, 0.5) is 4.79 Å². The second kappa shape index (κ2) is 4.61. The smallest absolute Gasteiger partial charge is 0.426 e. The van der Waals surface area contributed by atoms with E-state index in [0.29, 0.717) is 5.76 Å². The van der Waals surface area contributed by atoms with E-state index in [-0.39, 0.29) is 12.7 Å². The van der Waals surface area contributed by atoms with E-state index in [9.17, 15) is 4.79 Å². The highest BCUT2D eigenvalue weighted by molar-refractivity contribution is 6.17. The summed E-state index contributed by atoms with van der Waals surface area (Å²) < 4.78 is 13.5. The zero-order valence-electron chi connectivity index (χ0n) is 6.03. The van der Waals surface area contributed by atoms with Gasteiger partial charge in [-0.1, -0.05) is 16.8 Å². The molecule has 12 heavy (non-hydrogen) atoms. The number of ether oxygens (including phenoxy) is 2. The van der Waals surface area contributed by atoms with Crippen LogP contribution in [0.2, 0.25) is 0 Å². The van der Waals surface area contributed by atoms with E-state index < -0.39 is 6.16 Å². The van der Waals surface area contributed by atoms with Crippen LogP contribution in [0.25, 0.3) is 0 Å². The zero-order chi connectivity index (χ0) is 8.81. The number of nitrogens with zero attached hydrogens (tertiary/aromatic N) is 1. The van der Waals surface area contributed by atoms with Gasteiger partial charge in [0.1, 0.15) is 0 Å². The van der Waals surface area contributed by atoms with Gasteiger partial charge in [-0.15, -0.1) is 0 Å². The number of alkyl halides is 1. The first-order chi connectivity index (χ1) is 5.83. The molecule has 0 aromatic carbocycles. The summed E-state index contributed by atoms with van der Waals surface area (Å²) in [5.41, 5.74) is 0. The third kappa shape index (κ3) is 2.79. The summed E-state index contributed by atoms with van der Waals surface area (Å²) in [6.45, 7) is -0.00424. The van der Waals surface area contributed by atoms with Crippen LogP contribution in [0.5, 0.6) is 0 Å². The minimum atomic E-state index is -0.832. The molecule has 0 unspecified atom stereocenters. The van der Waals surface area contributed by atoms with Crippen LogP contribution in [0.15, 0.2) is 16.8 Å². The summed E-state index contributed by atoms with van der Waals surface area (Å²) in [4.78, 5) is 10.5. The van der Waals surface area contributed by atoms with Crippen molar-refractivity contribution in [1.82, 2.24) is 5.16 Å². The van der Waals surface area contributed by atoms with Gasteiger partial charge in [0.05, 0.1) is 6.20 Å². The van der Waals surface area contributed by atoms with Gasteiger partial charge in [0.2, 0.25) is 0 Å².